The zero-order valence-corrected chi connectivity index (χ0v) is 9.89. The molecular weight excluding hydrogens is 215 g/mol. The van der Waals surface area contributed by atoms with Gasteiger partial charge in [-0.2, -0.15) is 13.2 Å². The summed E-state index contributed by atoms with van der Waals surface area (Å²) in [6.07, 6.45) is -4.28. The molecular formula is C12H16F3N. The van der Waals surface area contributed by atoms with Crippen LogP contribution < -0.4 is 4.90 Å². The second-order valence-corrected chi connectivity index (χ2v) is 4.78. The average Bonchev–Trinajstić information content (AvgIpc) is 2.14. The van der Waals surface area contributed by atoms with E-state index in [1.54, 1.807) is 13.1 Å². The number of alkyl halides is 3. The van der Waals surface area contributed by atoms with E-state index in [9.17, 15) is 13.2 Å². The van der Waals surface area contributed by atoms with Crippen molar-refractivity contribution < 1.29 is 13.2 Å². The van der Waals surface area contributed by atoms with Gasteiger partial charge in [-0.1, -0.05) is 6.07 Å². The highest BCUT2D eigenvalue weighted by molar-refractivity contribution is 5.50. The van der Waals surface area contributed by atoms with Gasteiger partial charge in [0.2, 0.25) is 0 Å². The third-order valence-corrected chi connectivity index (χ3v) is 2.57. The van der Waals surface area contributed by atoms with Gasteiger partial charge in [0, 0.05) is 18.3 Å². The first-order valence-corrected chi connectivity index (χ1v) is 5.03. The molecule has 0 amide bonds. The van der Waals surface area contributed by atoms with Gasteiger partial charge in [0.05, 0.1) is 5.56 Å². The lowest BCUT2D eigenvalue weighted by Crippen LogP contribution is -2.38. The lowest BCUT2D eigenvalue weighted by molar-refractivity contribution is -0.137. The molecule has 4 heteroatoms. The molecule has 0 bridgehead atoms. The van der Waals surface area contributed by atoms with Crippen molar-refractivity contribution in [3.8, 4) is 0 Å². The van der Waals surface area contributed by atoms with Crippen molar-refractivity contribution in [2.75, 3.05) is 11.9 Å². The topological polar surface area (TPSA) is 3.24 Å². The molecule has 0 aliphatic heterocycles. The van der Waals surface area contributed by atoms with E-state index < -0.39 is 11.7 Å². The Bertz CT molecular complexity index is 363. The Hall–Kier alpha value is -1.19. The molecule has 0 saturated heterocycles. The molecule has 0 unspecified atom stereocenters. The number of hydrogen-bond donors (Lipinski definition) is 0. The van der Waals surface area contributed by atoms with Crippen LogP contribution in [0.25, 0.3) is 0 Å². The van der Waals surface area contributed by atoms with E-state index in [1.807, 2.05) is 25.7 Å². The summed E-state index contributed by atoms with van der Waals surface area (Å²) in [6, 6.07) is 5.37. The van der Waals surface area contributed by atoms with Gasteiger partial charge < -0.3 is 4.90 Å². The van der Waals surface area contributed by atoms with E-state index in [0.29, 0.717) is 5.69 Å². The third kappa shape index (κ3) is 2.90. The van der Waals surface area contributed by atoms with Crippen LogP contribution in [0.4, 0.5) is 18.9 Å². The molecule has 0 aliphatic carbocycles. The first kappa shape index (κ1) is 12.9. The fourth-order valence-electron chi connectivity index (χ4n) is 1.28. The van der Waals surface area contributed by atoms with E-state index >= 15 is 0 Å². The van der Waals surface area contributed by atoms with Crippen molar-refractivity contribution in [1.29, 1.82) is 0 Å². The number of nitrogens with zero attached hydrogens (tertiary/aromatic N) is 1. The largest absolute Gasteiger partial charge is 0.416 e. The predicted octanol–water partition coefficient (Wildman–Crippen LogP) is 3.94. The Balaban J connectivity index is 3.09. The Kier molecular flexibility index (Phi) is 3.22. The van der Waals surface area contributed by atoms with E-state index in [-0.39, 0.29) is 5.54 Å². The van der Waals surface area contributed by atoms with Crippen LogP contribution in [0.2, 0.25) is 0 Å². The minimum atomic E-state index is -4.28. The highest BCUT2D eigenvalue weighted by Crippen LogP contribution is 2.32. The monoisotopic (exact) mass is 231 g/mol. The molecule has 0 N–H and O–H groups in total. The Labute approximate surface area is 93.9 Å². The molecule has 0 fully saturated rings. The van der Waals surface area contributed by atoms with Crippen molar-refractivity contribution >= 4 is 5.69 Å². The van der Waals surface area contributed by atoms with Gasteiger partial charge in [-0.05, 0) is 39.0 Å². The van der Waals surface area contributed by atoms with Gasteiger partial charge in [0.1, 0.15) is 0 Å². The summed E-state index contributed by atoms with van der Waals surface area (Å²) in [4.78, 5) is 1.82. The van der Waals surface area contributed by atoms with Crippen LogP contribution >= 0.6 is 0 Å². The summed E-state index contributed by atoms with van der Waals surface area (Å²) in [5.74, 6) is 0. The van der Waals surface area contributed by atoms with E-state index in [0.717, 1.165) is 6.07 Å². The Morgan fingerprint density at radius 1 is 1.06 bits per heavy atom. The van der Waals surface area contributed by atoms with Crippen molar-refractivity contribution in [2.45, 2.75) is 32.5 Å². The normalized spacial score (nSPS) is 12.7. The summed E-state index contributed by atoms with van der Waals surface area (Å²) in [5.41, 5.74) is -0.243. The molecule has 0 radical (unpaired) electrons. The molecule has 1 rings (SSSR count). The molecule has 90 valence electrons. The summed E-state index contributed by atoms with van der Waals surface area (Å²) in [5, 5.41) is 0. The lowest BCUT2D eigenvalue weighted by Gasteiger charge is -2.34. The maximum Gasteiger partial charge on any atom is 0.416 e. The molecule has 0 spiro atoms. The van der Waals surface area contributed by atoms with Crippen molar-refractivity contribution in [3.05, 3.63) is 29.8 Å². The van der Waals surface area contributed by atoms with E-state index in [1.165, 1.54) is 12.1 Å². The number of halogens is 3. The van der Waals surface area contributed by atoms with Crippen LogP contribution in [0.15, 0.2) is 24.3 Å². The van der Waals surface area contributed by atoms with Gasteiger partial charge in [0.25, 0.3) is 0 Å². The number of benzene rings is 1. The number of hydrogen-bond acceptors (Lipinski definition) is 1. The van der Waals surface area contributed by atoms with Gasteiger partial charge in [0.15, 0.2) is 0 Å². The molecule has 0 heterocycles. The summed E-state index contributed by atoms with van der Waals surface area (Å²) in [7, 11) is 1.79. The van der Waals surface area contributed by atoms with Gasteiger partial charge in [-0.3, -0.25) is 0 Å². The lowest BCUT2D eigenvalue weighted by atomic mass is 10.0. The van der Waals surface area contributed by atoms with Crippen LogP contribution in [-0.2, 0) is 6.18 Å². The SMILES string of the molecule is CN(c1cccc(C(F)(F)F)c1)C(C)(C)C. The molecule has 1 aromatic carbocycles. The minimum Gasteiger partial charge on any atom is -0.370 e. The van der Waals surface area contributed by atoms with Crippen LogP contribution in [0.1, 0.15) is 26.3 Å². The fraction of sp³-hybridized carbons (Fsp3) is 0.500. The maximum absolute atomic E-state index is 12.5. The number of rotatable bonds is 1. The predicted molar refractivity (Wildman–Crippen MR) is 59.6 cm³/mol. The first-order valence-electron chi connectivity index (χ1n) is 5.03. The highest BCUT2D eigenvalue weighted by Gasteiger charge is 2.31. The summed E-state index contributed by atoms with van der Waals surface area (Å²) in [6.45, 7) is 5.85. The van der Waals surface area contributed by atoms with Gasteiger partial charge in [-0.15, -0.1) is 0 Å². The summed E-state index contributed by atoms with van der Waals surface area (Å²) >= 11 is 0. The van der Waals surface area contributed by atoms with Crippen LogP contribution in [0, 0.1) is 0 Å². The first-order chi connectivity index (χ1) is 7.12. The highest BCUT2D eigenvalue weighted by atomic mass is 19.4. The zero-order valence-electron chi connectivity index (χ0n) is 9.89. The molecule has 16 heavy (non-hydrogen) atoms. The fourth-order valence-corrected chi connectivity index (χ4v) is 1.28. The Morgan fingerprint density at radius 2 is 1.62 bits per heavy atom. The average molecular weight is 231 g/mol. The molecule has 0 aliphatic rings. The van der Waals surface area contributed by atoms with Gasteiger partial charge in [-0.25, -0.2) is 0 Å². The zero-order chi connectivity index (χ0) is 12.6. The standard InChI is InChI=1S/C12H16F3N/c1-11(2,3)16(4)10-7-5-6-9(8-10)12(13,14)15/h5-8H,1-4H3. The maximum atomic E-state index is 12.5. The van der Waals surface area contributed by atoms with Crippen LogP contribution in [-0.4, -0.2) is 12.6 Å². The summed E-state index contributed by atoms with van der Waals surface area (Å²) < 4.78 is 37.5. The van der Waals surface area contributed by atoms with Gasteiger partial charge >= 0.3 is 6.18 Å². The van der Waals surface area contributed by atoms with Crippen molar-refractivity contribution in [1.82, 2.24) is 0 Å². The second kappa shape index (κ2) is 4.00. The van der Waals surface area contributed by atoms with E-state index in [4.69, 9.17) is 0 Å². The van der Waals surface area contributed by atoms with Crippen molar-refractivity contribution in [2.24, 2.45) is 0 Å². The minimum absolute atomic E-state index is 0.204. The van der Waals surface area contributed by atoms with Crippen molar-refractivity contribution in [3.63, 3.8) is 0 Å². The second-order valence-electron chi connectivity index (χ2n) is 4.78. The smallest absolute Gasteiger partial charge is 0.370 e. The third-order valence-electron chi connectivity index (χ3n) is 2.57. The van der Waals surface area contributed by atoms with E-state index in [2.05, 4.69) is 0 Å². The molecule has 0 aromatic heterocycles. The number of anilines is 1. The molecule has 1 nitrogen and oxygen atoms in total. The molecule has 0 atom stereocenters. The van der Waals surface area contributed by atoms with Crippen LogP contribution in [0.3, 0.4) is 0 Å². The quantitative estimate of drug-likeness (QED) is 0.707. The Morgan fingerprint density at radius 3 is 2.06 bits per heavy atom. The molecule has 0 saturated carbocycles. The van der Waals surface area contributed by atoms with Crippen LogP contribution in [0.5, 0.6) is 0 Å². The molecule has 1 aromatic rings.